The highest BCUT2D eigenvalue weighted by molar-refractivity contribution is 5.94. The summed E-state index contributed by atoms with van der Waals surface area (Å²) in [6, 6.07) is 7.84. The highest BCUT2D eigenvalue weighted by Crippen LogP contribution is 2.40. The lowest BCUT2D eigenvalue weighted by Gasteiger charge is -2.43. The Kier molecular flexibility index (Phi) is 6.77. The van der Waals surface area contributed by atoms with E-state index in [0.717, 1.165) is 74.2 Å². The molecule has 7 nitrogen and oxygen atoms in total. The van der Waals surface area contributed by atoms with Gasteiger partial charge < -0.3 is 19.7 Å². The minimum Gasteiger partial charge on any atom is -0.491 e. The van der Waals surface area contributed by atoms with E-state index in [1.165, 1.54) is 12.1 Å². The molecule has 1 N–H and O–H groups in total. The standard InChI is InChI=1S/C28H32F3N5O2/c1-16(20-4-3-5-21(26(20)29)27(30)31)32-28-22-10-24-25(11-23(22)33-17(2)34-28)38-9-6-19-13-35(7-8-36(19)24)12-18-14-37-15-18/h3-5,10-11,16,18-19,27H,6-9,12-15H2,1-2H3,(H,32,33,34)/t16-,19+/m1/s1. The third kappa shape index (κ3) is 4.75. The van der Waals surface area contributed by atoms with Gasteiger partial charge in [-0.3, -0.25) is 4.90 Å². The van der Waals surface area contributed by atoms with Gasteiger partial charge in [-0.05, 0) is 19.9 Å². The van der Waals surface area contributed by atoms with Crippen molar-refractivity contribution in [2.45, 2.75) is 38.8 Å². The first-order valence-corrected chi connectivity index (χ1v) is 13.2. The summed E-state index contributed by atoms with van der Waals surface area (Å²) >= 11 is 0. The summed E-state index contributed by atoms with van der Waals surface area (Å²) in [7, 11) is 0. The van der Waals surface area contributed by atoms with Crippen LogP contribution < -0.4 is 15.0 Å². The van der Waals surface area contributed by atoms with E-state index in [-0.39, 0.29) is 5.56 Å². The molecule has 3 aliphatic heterocycles. The van der Waals surface area contributed by atoms with Crippen molar-refractivity contribution in [2.75, 3.05) is 56.2 Å². The Hall–Kier alpha value is -3.11. The summed E-state index contributed by atoms with van der Waals surface area (Å²) in [5.74, 6) is 1.62. The monoisotopic (exact) mass is 527 g/mol. The van der Waals surface area contributed by atoms with Gasteiger partial charge in [-0.15, -0.1) is 0 Å². The number of hydrogen-bond acceptors (Lipinski definition) is 7. The fraction of sp³-hybridized carbons (Fsp3) is 0.500. The van der Waals surface area contributed by atoms with E-state index in [2.05, 4.69) is 31.2 Å². The molecule has 202 valence electrons. The number of benzene rings is 2. The summed E-state index contributed by atoms with van der Waals surface area (Å²) in [5.41, 5.74) is 1.28. The quantitative estimate of drug-likeness (QED) is 0.478. The van der Waals surface area contributed by atoms with Gasteiger partial charge in [-0.25, -0.2) is 23.1 Å². The van der Waals surface area contributed by atoms with Crippen LogP contribution in [0.25, 0.3) is 10.9 Å². The zero-order valence-corrected chi connectivity index (χ0v) is 21.6. The van der Waals surface area contributed by atoms with E-state index >= 15 is 0 Å². The number of nitrogens with one attached hydrogen (secondary N) is 1. The van der Waals surface area contributed by atoms with Crippen LogP contribution in [0.1, 0.15) is 42.8 Å². The number of halogens is 3. The van der Waals surface area contributed by atoms with Gasteiger partial charge in [0.1, 0.15) is 23.2 Å². The normalized spacial score (nSPS) is 20.9. The molecule has 2 fully saturated rings. The van der Waals surface area contributed by atoms with Crippen molar-refractivity contribution in [1.29, 1.82) is 0 Å². The molecule has 4 heterocycles. The molecule has 0 saturated carbocycles. The summed E-state index contributed by atoms with van der Waals surface area (Å²) < 4.78 is 53.0. The van der Waals surface area contributed by atoms with E-state index in [9.17, 15) is 13.2 Å². The average Bonchev–Trinajstić information content (AvgIpc) is 3.03. The number of piperazine rings is 1. The minimum absolute atomic E-state index is 0.165. The molecule has 0 unspecified atom stereocenters. The molecule has 2 aromatic carbocycles. The molecule has 0 bridgehead atoms. The van der Waals surface area contributed by atoms with Crippen molar-refractivity contribution in [3.05, 3.63) is 53.1 Å². The van der Waals surface area contributed by atoms with Gasteiger partial charge in [-0.2, -0.15) is 0 Å². The first-order chi connectivity index (χ1) is 18.4. The molecular weight excluding hydrogens is 495 g/mol. The smallest absolute Gasteiger partial charge is 0.266 e. The number of aryl methyl sites for hydroxylation is 1. The fourth-order valence-corrected chi connectivity index (χ4v) is 5.78. The van der Waals surface area contributed by atoms with Crippen molar-refractivity contribution in [1.82, 2.24) is 14.9 Å². The van der Waals surface area contributed by atoms with Crippen LogP contribution in [-0.4, -0.2) is 66.9 Å². The first-order valence-electron chi connectivity index (χ1n) is 13.2. The summed E-state index contributed by atoms with van der Waals surface area (Å²) in [6.45, 7) is 9.77. The molecular formula is C28H32F3N5O2. The Morgan fingerprint density at radius 2 is 1.95 bits per heavy atom. The van der Waals surface area contributed by atoms with Crippen LogP contribution >= 0.6 is 0 Å². The lowest BCUT2D eigenvalue weighted by molar-refractivity contribution is -0.0483. The maximum atomic E-state index is 14.9. The van der Waals surface area contributed by atoms with Crippen LogP contribution in [-0.2, 0) is 4.74 Å². The van der Waals surface area contributed by atoms with Crippen molar-refractivity contribution < 1.29 is 22.6 Å². The van der Waals surface area contributed by atoms with Crippen LogP contribution in [0.2, 0.25) is 0 Å². The van der Waals surface area contributed by atoms with Crippen LogP contribution in [0.5, 0.6) is 5.75 Å². The predicted octanol–water partition coefficient (Wildman–Crippen LogP) is 5.11. The van der Waals surface area contributed by atoms with Gasteiger partial charge in [0, 0.05) is 61.6 Å². The zero-order chi connectivity index (χ0) is 26.4. The summed E-state index contributed by atoms with van der Waals surface area (Å²) in [6.07, 6.45) is -1.95. The number of rotatable bonds is 6. The maximum Gasteiger partial charge on any atom is 0.266 e. The number of hydrogen-bond donors (Lipinski definition) is 1. The Morgan fingerprint density at radius 3 is 2.71 bits per heavy atom. The van der Waals surface area contributed by atoms with E-state index in [4.69, 9.17) is 9.47 Å². The number of alkyl halides is 2. The molecule has 3 aliphatic rings. The Morgan fingerprint density at radius 1 is 1.13 bits per heavy atom. The molecule has 3 aromatic rings. The third-order valence-corrected chi connectivity index (χ3v) is 7.81. The predicted molar refractivity (Wildman–Crippen MR) is 140 cm³/mol. The summed E-state index contributed by atoms with van der Waals surface area (Å²) in [5, 5.41) is 4.05. The molecule has 10 heteroatoms. The number of ether oxygens (including phenoxy) is 2. The topological polar surface area (TPSA) is 62.8 Å². The zero-order valence-electron chi connectivity index (χ0n) is 21.6. The van der Waals surface area contributed by atoms with E-state index in [1.807, 2.05) is 6.07 Å². The molecule has 2 atom stereocenters. The van der Waals surface area contributed by atoms with E-state index < -0.39 is 23.8 Å². The second-order valence-electron chi connectivity index (χ2n) is 10.5. The fourth-order valence-electron chi connectivity index (χ4n) is 5.78. The number of nitrogens with zero attached hydrogens (tertiary/aromatic N) is 4. The molecule has 38 heavy (non-hydrogen) atoms. The largest absolute Gasteiger partial charge is 0.491 e. The minimum atomic E-state index is -2.88. The van der Waals surface area contributed by atoms with Gasteiger partial charge in [-0.1, -0.05) is 18.2 Å². The Labute approximate surface area is 219 Å². The Bertz CT molecular complexity index is 1340. The summed E-state index contributed by atoms with van der Waals surface area (Å²) in [4.78, 5) is 14.2. The van der Waals surface area contributed by atoms with Crippen LogP contribution in [0, 0.1) is 18.7 Å². The molecule has 2 saturated heterocycles. The molecule has 6 rings (SSSR count). The molecule has 0 amide bonds. The van der Waals surface area contributed by atoms with Gasteiger partial charge in [0.2, 0.25) is 0 Å². The highest BCUT2D eigenvalue weighted by atomic mass is 19.3. The number of fused-ring (bicyclic) bond motifs is 4. The van der Waals surface area contributed by atoms with Crippen LogP contribution in [0.3, 0.4) is 0 Å². The van der Waals surface area contributed by atoms with Crippen molar-refractivity contribution in [2.24, 2.45) is 5.92 Å². The van der Waals surface area contributed by atoms with Crippen molar-refractivity contribution >= 4 is 22.4 Å². The van der Waals surface area contributed by atoms with Gasteiger partial charge in [0.05, 0.1) is 42.6 Å². The SMILES string of the molecule is Cc1nc(N[C@H](C)c2cccc(C(F)F)c2F)c2cc3c(cc2n1)OCC[C@H]1CN(CC2COC2)CCN31. The highest BCUT2D eigenvalue weighted by Gasteiger charge is 2.33. The van der Waals surface area contributed by atoms with Crippen molar-refractivity contribution in [3.63, 3.8) is 0 Å². The maximum absolute atomic E-state index is 14.9. The lowest BCUT2D eigenvalue weighted by atomic mass is 10.0. The second kappa shape index (κ2) is 10.2. The molecule has 1 aromatic heterocycles. The molecule has 0 aliphatic carbocycles. The van der Waals surface area contributed by atoms with Gasteiger partial charge >= 0.3 is 0 Å². The third-order valence-electron chi connectivity index (χ3n) is 7.81. The Balaban J connectivity index is 1.32. The average molecular weight is 528 g/mol. The van der Waals surface area contributed by atoms with Gasteiger partial charge in [0.15, 0.2) is 0 Å². The van der Waals surface area contributed by atoms with E-state index in [1.54, 1.807) is 13.8 Å². The lowest BCUT2D eigenvalue weighted by Crippen LogP contribution is -2.55. The van der Waals surface area contributed by atoms with Gasteiger partial charge in [0.25, 0.3) is 6.43 Å². The first kappa shape index (κ1) is 25.2. The molecule has 0 radical (unpaired) electrons. The molecule has 0 spiro atoms. The number of anilines is 2. The second-order valence-corrected chi connectivity index (χ2v) is 10.5. The van der Waals surface area contributed by atoms with Crippen LogP contribution in [0.15, 0.2) is 30.3 Å². The van der Waals surface area contributed by atoms with Crippen molar-refractivity contribution in [3.8, 4) is 5.75 Å². The van der Waals surface area contributed by atoms with Crippen LogP contribution in [0.4, 0.5) is 24.7 Å². The number of aromatic nitrogens is 2. The van der Waals surface area contributed by atoms with E-state index in [0.29, 0.717) is 30.2 Å².